The number of carbonyl (C=O) groups is 1. The summed E-state index contributed by atoms with van der Waals surface area (Å²) in [4.78, 5) is 14.7. The maximum atomic E-state index is 12.4. The van der Waals surface area contributed by atoms with Crippen LogP contribution in [0.1, 0.15) is 40.0 Å². The summed E-state index contributed by atoms with van der Waals surface area (Å²) >= 11 is 0. The summed E-state index contributed by atoms with van der Waals surface area (Å²) in [6, 6.07) is 7.26. The molecule has 4 heteroatoms. The van der Waals surface area contributed by atoms with Gasteiger partial charge in [0.25, 0.3) is 0 Å². The van der Waals surface area contributed by atoms with Crippen molar-refractivity contribution in [1.29, 1.82) is 0 Å². The SMILES string of the molecule is CCC1(C)CCN(C(C)C(=O)Nc2ccccc2N)CC1. The maximum absolute atomic E-state index is 12.4. The molecule has 1 atom stereocenters. The highest BCUT2D eigenvalue weighted by Crippen LogP contribution is 2.34. The van der Waals surface area contributed by atoms with Gasteiger partial charge in [-0.3, -0.25) is 9.69 Å². The molecule has 0 spiro atoms. The summed E-state index contributed by atoms with van der Waals surface area (Å²) in [5, 5.41) is 2.94. The quantitative estimate of drug-likeness (QED) is 0.837. The Labute approximate surface area is 127 Å². The van der Waals surface area contributed by atoms with Gasteiger partial charge in [-0.05, 0) is 50.4 Å². The third kappa shape index (κ3) is 3.76. The van der Waals surface area contributed by atoms with E-state index in [4.69, 9.17) is 5.73 Å². The summed E-state index contributed by atoms with van der Waals surface area (Å²) in [5.74, 6) is 0.0213. The minimum atomic E-state index is -0.119. The number of carbonyl (C=O) groups excluding carboxylic acids is 1. The second kappa shape index (κ2) is 6.48. The normalized spacial score (nSPS) is 20.0. The van der Waals surface area contributed by atoms with Gasteiger partial charge in [-0.25, -0.2) is 0 Å². The zero-order chi connectivity index (χ0) is 15.5. The Morgan fingerprint density at radius 2 is 2.00 bits per heavy atom. The van der Waals surface area contributed by atoms with Gasteiger partial charge >= 0.3 is 0 Å². The van der Waals surface area contributed by atoms with Crippen molar-refractivity contribution in [2.24, 2.45) is 5.41 Å². The molecule has 4 nitrogen and oxygen atoms in total. The molecule has 1 amide bonds. The first-order valence-electron chi connectivity index (χ1n) is 7.84. The molecule has 1 heterocycles. The maximum Gasteiger partial charge on any atom is 0.241 e. The van der Waals surface area contributed by atoms with Crippen LogP contribution in [0.5, 0.6) is 0 Å². The lowest BCUT2D eigenvalue weighted by Gasteiger charge is -2.41. The molecule has 116 valence electrons. The molecule has 1 fully saturated rings. The van der Waals surface area contributed by atoms with Gasteiger partial charge < -0.3 is 11.1 Å². The first-order chi connectivity index (χ1) is 9.95. The van der Waals surface area contributed by atoms with Gasteiger partial charge in [0.2, 0.25) is 5.91 Å². The van der Waals surface area contributed by atoms with Gasteiger partial charge in [0.05, 0.1) is 17.4 Å². The zero-order valence-electron chi connectivity index (χ0n) is 13.4. The number of nitrogens with two attached hydrogens (primary N) is 1. The van der Waals surface area contributed by atoms with Crippen molar-refractivity contribution in [2.75, 3.05) is 24.1 Å². The summed E-state index contributed by atoms with van der Waals surface area (Å²) in [5.41, 5.74) is 7.62. The number of para-hydroxylation sites is 2. The van der Waals surface area contributed by atoms with E-state index in [0.29, 0.717) is 16.8 Å². The van der Waals surface area contributed by atoms with Crippen LogP contribution in [-0.2, 0) is 4.79 Å². The Balaban J connectivity index is 1.93. The molecule has 3 N–H and O–H groups in total. The average molecular weight is 289 g/mol. The van der Waals surface area contributed by atoms with Crippen molar-refractivity contribution >= 4 is 17.3 Å². The Kier molecular flexibility index (Phi) is 4.88. The van der Waals surface area contributed by atoms with Crippen molar-refractivity contribution in [3.05, 3.63) is 24.3 Å². The predicted molar refractivity (Wildman–Crippen MR) is 88.2 cm³/mol. The molecule has 21 heavy (non-hydrogen) atoms. The van der Waals surface area contributed by atoms with E-state index >= 15 is 0 Å². The largest absolute Gasteiger partial charge is 0.397 e. The van der Waals surface area contributed by atoms with E-state index in [1.165, 1.54) is 6.42 Å². The number of nitrogens with one attached hydrogen (secondary N) is 1. The fourth-order valence-electron chi connectivity index (χ4n) is 2.82. The minimum Gasteiger partial charge on any atom is -0.397 e. The smallest absolute Gasteiger partial charge is 0.241 e. The molecule has 0 saturated carbocycles. The van der Waals surface area contributed by atoms with Crippen LogP contribution in [0.2, 0.25) is 0 Å². The second-order valence-corrected chi connectivity index (χ2v) is 6.45. The molecule has 1 aliphatic rings. The molecule has 0 aliphatic carbocycles. The monoisotopic (exact) mass is 289 g/mol. The summed E-state index contributed by atoms with van der Waals surface area (Å²) in [7, 11) is 0. The number of hydrogen-bond donors (Lipinski definition) is 2. The highest BCUT2D eigenvalue weighted by Gasteiger charge is 2.32. The molecule has 0 bridgehead atoms. The standard InChI is InChI=1S/C17H27N3O/c1-4-17(3)9-11-20(12-10-17)13(2)16(21)19-15-8-6-5-7-14(15)18/h5-8,13H,4,9-12,18H2,1-3H3,(H,19,21). The van der Waals surface area contributed by atoms with Crippen LogP contribution < -0.4 is 11.1 Å². The number of likely N-dealkylation sites (tertiary alicyclic amines) is 1. The van der Waals surface area contributed by atoms with E-state index < -0.39 is 0 Å². The van der Waals surface area contributed by atoms with Crippen LogP contribution >= 0.6 is 0 Å². The van der Waals surface area contributed by atoms with Crippen LogP contribution in [0.15, 0.2) is 24.3 Å². The Hall–Kier alpha value is -1.55. The van der Waals surface area contributed by atoms with Crippen LogP contribution in [0.4, 0.5) is 11.4 Å². The molecule has 1 aromatic carbocycles. The number of benzene rings is 1. The second-order valence-electron chi connectivity index (χ2n) is 6.45. The third-order valence-electron chi connectivity index (χ3n) is 5.00. The molecule has 1 aliphatic heterocycles. The first kappa shape index (κ1) is 15.8. The molecule has 1 saturated heterocycles. The number of rotatable bonds is 4. The molecule has 2 rings (SSSR count). The summed E-state index contributed by atoms with van der Waals surface area (Å²) < 4.78 is 0. The van der Waals surface area contributed by atoms with E-state index in [-0.39, 0.29) is 11.9 Å². The first-order valence-corrected chi connectivity index (χ1v) is 7.84. The van der Waals surface area contributed by atoms with Gasteiger partial charge in [-0.2, -0.15) is 0 Å². The third-order valence-corrected chi connectivity index (χ3v) is 5.00. The fourth-order valence-corrected chi connectivity index (χ4v) is 2.82. The highest BCUT2D eigenvalue weighted by molar-refractivity contribution is 5.97. The minimum absolute atomic E-state index is 0.0213. The van der Waals surface area contributed by atoms with E-state index in [2.05, 4.69) is 24.1 Å². The van der Waals surface area contributed by atoms with Gasteiger partial charge in [0.15, 0.2) is 0 Å². The van der Waals surface area contributed by atoms with Crippen molar-refractivity contribution in [3.63, 3.8) is 0 Å². The zero-order valence-corrected chi connectivity index (χ0v) is 13.4. The van der Waals surface area contributed by atoms with Crippen molar-refractivity contribution in [3.8, 4) is 0 Å². The molecule has 1 unspecified atom stereocenters. The highest BCUT2D eigenvalue weighted by atomic mass is 16.2. The number of anilines is 2. The van der Waals surface area contributed by atoms with Crippen LogP contribution in [-0.4, -0.2) is 29.9 Å². The van der Waals surface area contributed by atoms with Gasteiger partial charge in [-0.15, -0.1) is 0 Å². The van der Waals surface area contributed by atoms with E-state index in [9.17, 15) is 4.79 Å². The predicted octanol–water partition coefficient (Wildman–Crippen LogP) is 3.11. The van der Waals surface area contributed by atoms with Gasteiger partial charge in [0, 0.05) is 0 Å². The molecular weight excluding hydrogens is 262 g/mol. The van der Waals surface area contributed by atoms with Gasteiger partial charge in [0.1, 0.15) is 0 Å². The molecule has 0 aromatic heterocycles. The fraction of sp³-hybridized carbons (Fsp3) is 0.588. The van der Waals surface area contributed by atoms with Crippen LogP contribution in [0, 0.1) is 5.41 Å². The van der Waals surface area contributed by atoms with Crippen molar-refractivity contribution < 1.29 is 4.79 Å². The van der Waals surface area contributed by atoms with Crippen molar-refractivity contribution in [2.45, 2.75) is 46.1 Å². The lowest BCUT2D eigenvalue weighted by atomic mass is 9.78. The van der Waals surface area contributed by atoms with Gasteiger partial charge in [-0.1, -0.05) is 32.4 Å². The Morgan fingerprint density at radius 1 is 1.38 bits per heavy atom. The van der Waals surface area contributed by atoms with E-state index in [0.717, 1.165) is 25.9 Å². The number of nitrogen functional groups attached to an aromatic ring is 1. The summed E-state index contributed by atoms with van der Waals surface area (Å²) in [6.07, 6.45) is 3.53. The topological polar surface area (TPSA) is 58.4 Å². The average Bonchev–Trinajstić information content (AvgIpc) is 2.49. The lowest BCUT2D eigenvalue weighted by Crippen LogP contribution is -2.48. The summed E-state index contributed by atoms with van der Waals surface area (Å²) in [6.45, 7) is 8.55. The Bertz CT molecular complexity index is 493. The van der Waals surface area contributed by atoms with E-state index in [1.807, 2.05) is 25.1 Å². The van der Waals surface area contributed by atoms with E-state index in [1.54, 1.807) is 6.07 Å². The number of piperidine rings is 1. The number of hydrogen-bond acceptors (Lipinski definition) is 3. The number of nitrogens with zero attached hydrogens (tertiary/aromatic N) is 1. The lowest BCUT2D eigenvalue weighted by molar-refractivity contribution is -0.121. The molecule has 1 aromatic rings. The van der Waals surface area contributed by atoms with Crippen molar-refractivity contribution in [1.82, 2.24) is 4.90 Å². The molecular formula is C17H27N3O. The molecule has 0 radical (unpaired) electrons. The van der Waals surface area contributed by atoms with Crippen LogP contribution in [0.3, 0.4) is 0 Å². The number of amides is 1. The Morgan fingerprint density at radius 3 is 2.57 bits per heavy atom. The van der Waals surface area contributed by atoms with Crippen LogP contribution in [0.25, 0.3) is 0 Å².